The Morgan fingerprint density at radius 1 is 1.13 bits per heavy atom. The molecule has 2 heterocycles. The first-order chi connectivity index (χ1) is 14.4. The van der Waals surface area contributed by atoms with Crippen molar-refractivity contribution in [2.24, 2.45) is 0 Å². The first kappa shape index (κ1) is 21.2. The number of hydrogen-bond donors (Lipinski definition) is 2. The Hall–Kier alpha value is -3.49. The van der Waals surface area contributed by atoms with Gasteiger partial charge in [0.05, 0.1) is 16.2 Å². The molecule has 3 rings (SSSR count). The normalized spacial score (nSPS) is 10.8. The van der Waals surface area contributed by atoms with Crippen LogP contribution in [-0.2, 0) is 14.8 Å². The van der Waals surface area contributed by atoms with E-state index in [-0.39, 0.29) is 22.5 Å². The molecule has 1 aromatic carbocycles. The van der Waals surface area contributed by atoms with E-state index < -0.39 is 10.0 Å². The molecule has 2 aromatic heterocycles. The first-order valence-electron chi connectivity index (χ1n) is 8.58. The van der Waals surface area contributed by atoms with Crippen molar-refractivity contribution in [3.63, 3.8) is 0 Å². The van der Waals surface area contributed by atoms with E-state index >= 15 is 0 Å². The molecule has 3 aromatic rings. The highest BCUT2D eigenvalue weighted by molar-refractivity contribution is 8.00. The number of nitrogens with one attached hydrogen (secondary N) is 2. The topological polar surface area (TPSA) is 138 Å². The van der Waals surface area contributed by atoms with E-state index in [1.165, 1.54) is 36.7 Å². The first-order valence-corrected chi connectivity index (χ1v) is 11.0. The van der Waals surface area contributed by atoms with Crippen molar-refractivity contribution in [3.05, 3.63) is 66.1 Å². The van der Waals surface area contributed by atoms with E-state index in [0.717, 1.165) is 17.5 Å². The summed E-state index contributed by atoms with van der Waals surface area (Å²) in [7, 11) is -3.85. The van der Waals surface area contributed by atoms with Crippen LogP contribution in [0.1, 0.15) is 11.3 Å². The molecular formula is C19H16N6O3S2. The third-order valence-corrected chi connectivity index (χ3v) is 6.03. The van der Waals surface area contributed by atoms with Crippen LogP contribution < -0.4 is 10.0 Å². The minimum Gasteiger partial charge on any atom is -0.325 e. The molecule has 9 nitrogen and oxygen atoms in total. The average Bonchev–Trinajstić information content (AvgIpc) is 2.73. The summed E-state index contributed by atoms with van der Waals surface area (Å²) in [6, 6.07) is 12.7. The second-order valence-corrected chi connectivity index (χ2v) is 8.60. The molecule has 2 N–H and O–H groups in total. The molecule has 0 bridgehead atoms. The van der Waals surface area contributed by atoms with Gasteiger partial charge in [-0.1, -0.05) is 11.8 Å². The number of amides is 1. The lowest BCUT2D eigenvalue weighted by atomic mass is 10.3. The van der Waals surface area contributed by atoms with Crippen molar-refractivity contribution in [1.82, 2.24) is 15.0 Å². The number of nitrogens with zero attached hydrogens (tertiary/aromatic N) is 4. The van der Waals surface area contributed by atoms with Crippen LogP contribution in [0.5, 0.6) is 0 Å². The van der Waals surface area contributed by atoms with Gasteiger partial charge in [-0.3, -0.25) is 4.79 Å². The predicted octanol–water partition coefficient (Wildman–Crippen LogP) is 2.58. The molecule has 152 valence electrons. The summed E-state index contributed by atoms with van der Waals surface area (Å²) < 4.78 is 27.0. The van der Waals surface area contributed by atoms with E-state index in [2.05, 4.69) is 25.0 Å². The Kier molecular flexibility index (Phi) is 6.61. The third kappa shape index (κ3) is 5.53. The number of carbonyl (C=O) groups excluding carboxylic acids is 1. The zero-order chi connectivity index (χ0) is 21.6. The number of sulfonamides is 1. The van der Waals surface area contributed by atoms with Crippen molar-refractivity contribution >= 4 is 39.3 Å². The Labute approximate surface area is 177 Å². The van der Waals surface area contributed by atoms with Gasteiger partial charge < -0.3 is 5.32 Å². The maximum absolute atomic E-state index is 12.4. The lowest BCUT2D eigenvalue weighted by Gasteiger charge is -2.09. The Bertz CT molecular complexity index is 1190. The summed E-state index contributed by atoms with van der Waals surface area (Å²) in [6.45, 7) is 1.81. The number of anilines is 2. The van der Waals surface area contributed by atoms with E-state index in [4.69, 9.17) is 5.26 Å². The summed E-state index contributed by atoms with van der Waals surface area (Å²) in [5, 5.41) is 12.3. The van der Waals surface area contributed by atoms with E-state index in [9.17, 15) is 13.2 Å². The minimum atomic E-state index is -3.85. The molecular weight excluding hydrogens is 424 g/mol. The monoisotopic (exact) mass is 440 g/mol. The summed E-state index contributed by atoms with van der Waals surface area (Å²) >= 11 is 1.16. The highest BCUT2D eigenvalue weighted by Gasteiger charge is 2.16. The fourth-order valence-electron chi connectivity index (χ4n) is 2.31. The molecule has 0 atom stereocenters. The average molecular weight is 441 g/mol. The zero-order valence-corrected chi connectivity index (χ0v) is 17.4. The second-order valence-electron chi connectivity index (χ2n) is 5.96. The summed E-state index contributed by atoms with van der Waals surface area (Å²) in [4.78, 5) is 24.1. The van der Waals surface area contributed by atoms with Gasteiger partial charge >= 0.3 is 0 Å². The number of rotatable bonds is 7. The van der Waals surface area contributed by atoms with Crippen LogP contribution in [0.2, 0.25) is 0 Å². The highest BCUT2D eigenvalue weighted by Crippen LogP contribution is 2.21. The highest BCUT2D eigenvalue weighted by atomic mass is 32.2. The molecule has 11 heteroatoms. The number of aryl methyl sites for hydroxylation is 1. The number of carbonyl (C=O) groups is 1. The number of aromatic nitrogens is 3. The van der Waals surface area contributed by atoms with Crippen molar-refractivity contribution in [2.45, 2.75) is 16.8 Å². The minimum absolute atomic E-state index is 0.00458. The lowest BCUT2D eigenvalue weighted by molar-refractivity contribution is -0.113. The number of pyridine rings is 1. The summed E-state index contributed by atoms with van der Waals surface area (Å²) in [6.07, 6.45) is 2.85. The van der Waals surface area contributed by atoms with Crippen LogP contribution in [0, 0.1) is 18.3 Å². The van der Waals surface area contributed by atoms with Gasteiger partial charge in [-0.25, -0.2) is 28.1 Å². The van der Waals surface area contributed by atoms with Gasteiger partial charge in [0, 0.05) is 23.8 Å². The van der Waals surface area contributed by atoms with Crippen LogP contribution in [0.4, 0.5) is 11.6 Å². The molecule has 0 radical (unpaired) electrons. The van der Waals surface area contributed by atoms with Crippen LogP contribution in [0.3, 0.4) is 0 Å². The molecule has 30 heavy (non-hydrogen) atoms. The van der Waals surface area contributed by atoms with Gasteiger partial charge in [-0.05, 0) is 49.4 Å². The van der Waals surface area contributed by atoms with E-state index in [1.54, 1.807) is 25.1 Å². The van der Waals surface area contributed by atoms with Crippen LogP contribution >= 0.6 is 11.8 Å². The Morgan fingerprint density at radius 2 is 1.83 bits per heavy atom. The zero-order valence-electron chi connectivity index (χ0n) is 15.7. The van der Waals surface area contributed by atoms with Crippen LogP contribution in [-0.4, -0.2) is 35.0 Å². The maximum atomic E-state index is 12.4. The number of benzene rings is 1. The van der Waals surface area contributed by atoms with Gasteiger partial charge in [0.25, 0.3) is 10.0 Å². The largest absolute Gasteiger partial charge is 0.325 e. The summed E-state index contributed by atoms with van der Waals surface area (Å²) in [5.74, 6) is -0.287. The fourth-order valence-corrected chi connectivity index (χ4v) is 4.08. The van der Waals surface area contributed by atoms with Gasteiger partial charge in [-0.15, -0.1) is 0 Å². The van der Waals surface area contributed by atoms with Gasteiger partial charge in [0.1, 0.15) is 11.1 Å². The van der Waals surface area contributed by atoms with E-state index in [0.29, 0.717) is 16.3 Å². The molecule has 0 aliphatic heterocycles. The van der Waals surface area contributed by atoms with Crippen molar-refractivity contribution in [3.8, 4) is 6.07 Å². The standard InChI is InChI=1S/C19H16N6O3S2/c1-13-3-4-14(11-20)18(23-13)29-12-17(26)24-15-5-7-16(8-6-15)30(27,28)25-19-21-9-2-10-22-19/h2-10H,12H2,1H3,(H,24,26)(H,21,22,25). The fraction of sp³-hybridized carbons (Fsp3) is 0.105. The van der Waals surface area contributed by atoms with Crippen LogP contribution in [0.15, 0.2) is 64.8 Å². The SMILES string of the molecule is Cc1ccc(C#N)c(SCC(=O)Nc2ccc(S(=O)(=O)Nc3ncccn3)cc2)n1. The van der Waals surface area contributed by atoms with Crippen molar-refractivity contribution in [1.29, 1.82) is 5.26 Å². The molecule has 0 aliphatic carbocycles. The molecule has 0 fully saturated rings. The van der Waals surface area contributed by atoms with Crippen molar-refractivity contribution in [2.75, 3.05) is 15.8 Å². The van der Waals surface area contributed by atoms with Crippen molar-refractivity contribution < 1.29 is 13.2 Å². The molecule has 0 unspecified atom stereocenters. The number of hydrogen-bond acceptors (Lipinski definition) is 8. The third-order valence-electron chi connectivity index (χ3n) is 3.70. The molecule has 0 saturated carbocycles. The van der Waals surface area contributed by atoms with Gasteiger partial charge in [0.2, 0.25) is 11.9 Å². The lowest BCUT2D eigenvalue weighted by Crippen LogP contribution is -2.16. The molecule has 0 aliphatic rings. The molecule has 0 saturated heterocycles. The molecule has 0 spiro atoms. The van der Waals surface area contributed by atoms with Gasteiger partial charge in [-0.2, -0.15) is 5.26 Å². The van der Waals surface area contributed by atoms with E-state index in [1.807, 2.05) is 6.07 Å². The number of thioether (sulfide) groups is 1. The summed E-state index contributed by atoms with van der Waals surface area (Å²) in [5.41, 5.74) is 1.60. The number of nitriles is 1. The smallest absolute Gasteiger partial charge is 0.264 e. The second kappa shape index (κ2) is 9.34. The quantitative estimate of drug-likeness (QED) is 0.535. The molecule has 1 amide bonds. The van der Waals surface area contributed by atoms with Gasteiger partial charge in [0.15, 0.2) is 0 Å². The Morgan fingerprint density at radius 3 is 2.50 bits per heavy atom. The maximum Gasteiger partial charge on any atom is 0.264 e. The Balaban J connectivity index is 1.61. The predicted molar refractivity (Wildman–Crippen MR) is 112 cm³/mol. The van der Waals surface area contributed by atoms with Crippen LogP contribution in [0.25, 0.3) is 0 Å².